The third-order valence-electron chi connectivity index (χ3n) is 3.40. The Bertz CT molecular complexity index is 483. The van der Waals surface area contributed by atoms with Gasteiger partial charge < -0.3 is 0 Å². The first-order valence-electron chi connectivity index (χ1n) is 5.65. The molecule has 1 N–H and O–H groups in total. The molecule has 17 heavy (non-hydrogen) atoms. The Labute approximate surface area is 103 Å². The van der Waals surface area contributed by atoms with Crippen LogP contribution >= 0.6 is 0 Å². The molecule has 0 unspecified atom stereocenters. The molecule has 0 fully saturated rings. The zero-order valence-electron chi connectivity index (χ0n) is 11.3. The molecule has 98 valence electrons. The van der Waals surface area contributed by atoms with Gasteiger partial charge >= 0.3 is 0 Å². The third-order valence-corrected chi connectivity index (χ3v) is 5.73. The van der Waals surface area contributed by atoms with Crippen LogP contribution in [0.4, 0.5) is 0 Å². The fourth-order valence-corrected chi connectivity index (χ4v) is 3.51. The Morgan fingerprint density at radius 1 is 1.35 bits per heavy atom. The zero-order valence-corrected chi connectivity index (χ0v) is 12.1. The van der Waals surface area contributed by atoms with Crippen LogP contribution in [-0.4, -0.2) is 35.5 Å². The Hall–Kier alpha value is -0.880. The maximum absolute atomic E-state index is 12.5. The third kappa shape index (κ3) is 2.37. The quantitative estimate of drug-likeness (QED) is 0.897. The molecule has 0 aromatic carbocycles. The average molecular weight is 259 g/mol. The highest BCUT2D eigenvalue weighted by atomic mass is 32.2. The first kappa shape index (κ1) is 14.2. The number of nitrogens with zero attached hydrogens (tertiary/aromatic N) is 2. The predicted molar refractivity (Wildman–Crippen MR) is 67.4 cm³/mol. The first-order chi connectivity index (χ1) is 7.64. The molecule has 1 rings (SSSR count). The molecule has 0 atom stereocenters. The van der Waals surface area contributed by atoms with E-state index < -0.39 is 15.6 Å². The molecule has 0 radical (unpaired) electrons. The van der Waals surface area contributed by atoms with Crippen molar-refractivity contribution in [3.63, 3.8) is 0 Å². The lowest BCUT2D eigenvalue weighted by atomic mass is 10.0. The zero-order chi connectivity index (χ0) is 13.4. The van der Waals surface area contributed by atoms with Crippen LogP contribution in [0.1, 0.15) is 38.6 Å². The van der Waals surface area contributed by atoms with Crippen molar-refractivity contribution >= 4 is 10.0 Å². The second kappa shape index (κ2) is 4.42. The topological polar surface area (TPSA) is 66.1 Å². The number of aromatic amines is 1. The maximum Gasteiger partial charge on any atom is 0.246 e. The van der Waals surface area contributed by atoms with E-state index in [0.717, 1.165) is 6.42 Å². The van der Waals surface area contributed by atoms with Gasteiger partial charge in [-0.15, -0.1) is 0 Å². The standard InChI is InChI=1S/C11H21N3O2S/c1-7-11(4,5)14(6)17(15,16)10-8(2)12-13-9(10)3/h7H2,1-6H3,(H,12,13). The smallest absolute Gasteiger partial charge is 0.246 e. The first-order valence-corrected chi connectivity index (χ1v) is 7.09. The second-order valence-electron chi connectivity index (χ2n) is 4.90. The number of rotatable bonds is 4. The lowest BCUT2D eigenvalue weighted by molar-refractivity contribution is 0.257. The summed E-state index contributed by atoms with van der Waals surface area (Å²) in [6, 6.07) is 0. The molecular weight excluding hydrogens is 238 g/mol. The van der Waals surface area contributed by atoms with Crippen molar-refractivity contribution in [3.05, 3.63) is 11.4 Å². The largest absolute Gasteiger partial charge is 0.281 e. The fraction of sp³-hybridized carbons (Fsp3) is 0.727. The van der Waals surface area contributed by atoms with Gasteiger partial charge in [0.25, 0.3) is 0 Å². The van der Waals surface area contributed by atoms with Crippen molar-refractivity contribution in [1.82, 2.24) is 14.5 Å². The van der Waals surface area contributed by atoms with Crippen LogP contribution < -0.4 is 0 Å². The molecule has 6 heteroatoms. The highest BCUT2D eigenvalue weighted by Crippen LogP contribution is 2.27. The van der Waals surface area contributed by atoms with Gasteiger partial charge in [-0.3, -0.25) is 5.10 Å². The number of aromatic nitrogens is 2. The van der Waals surface area contributed by atoms with E-state index in [1.807, 2.05) is 20.8 Å². The number of aryl methyl sites for hydroxylation is 2. The molecule has 5 nitrogen and oxygen atoms in total. The maximum atomic E-state index is 12.5. The molecular formula is C11H21N3O2S. The van der Waals surface area contributed by atoms with E-state index in [4.69, 9.17) is 0 Å². The SMILES string of the molecule is CCC(C)(C)N(C)S(=O)(=O)c1c(C)n[nH]c1C. The monoisotopic (exact) mass is 259 g/mol. The summed E-state index contributed by atoms with van der Waals surface area (Å²) in [6.07, 6.45) is 0.749. The van der Waals surface area contributed by atoms with Crippen molar-refractivity contribution in [2.45, 2.75) is 51.5 Å². The van der Waals surface area contributed by atoms with Gasteiger partial charge in [0.1, 0.15) is 4.90 Å². The Kier molecular flexibility index (Phi) is 3.69. The molecule has 0 aliphatic rings. The number of hydrogen-bond acceptors (Lipinski definition) is 3. The summed E-state index contributed by atoms with van der Waals surface area (Å²) in [5.74, 6) is 0. The van der Waals surface area contributed by atoms with Crippen LogP contribution in [0, 0.1) is 13.8 Å². The highest BCUT2D eigenvalue weighted by molar-refractivity contribution is 7.89. The van der Waals surface area contributed by atoms with Gasteiger partial charge in [0.15, 0.2) is 0 Å². The van der Waals surface area contributed by atoms with E-state index in [0.29, 0.717) is 16.3 Å². The van der Waals surface area contributed by atoms with Crippen molar-refractivity contribution in [2.75, 3.05) is 7.05 Å². The van der Waals surface area contributed by atoms with Crippen molar-refractivity contribution in [2.24, 2.45) is 0 Å². The van der Waals surface area contributed by atoms with Gasteiger partial charge in [-0.1, -0.05) is 6.92 Å². The van der Waals surface area contributed by atoms with E-state index in [9.17, 15) is 8.42 Å². The summed E-state index contributed by atoms with van der Waals surface area (Å²) < 4.78 is 26.4. The molecule has 0 spiro atoms. The lowest BCUT2D eigenvalue weighted by Gasteiger charge is -2.33. The van der Waals surface area contributed by atoms with Gasteiger partial charge in [-0.25, -0.2) is 8.42 Å². The number of hydrogen-bond donors (Lipinski definition) is 1. The molecule has 0 aliphatic carbocycles. The van der Waals surface area contributed by atoms with E-state index in [1.54, 1.807) is 20.9 Å². The summed E-state index contributed by atoms with van der Waals surface area (Å²) in [5.41, 5.74) is 0.692. The second-order valence-corrected chi connectivity index (χ2v) is 6.81. The van der Waals surface area contributed by atoms with E-state index in [2.05, 4.69) is 10.2 Å². The van der Waals surface area contributed by atoms with Crippen LogP contribution in [0.3, 0.4) is 0 Å². The molecule has 1 aromatic heterocycles. The van der Waals surface area contributed by atoms with Gasteiger partial charge in [-0.05, 0) is 34.1 Å². The minimum absolute atomic E-state index is 0.293. The minimum Gasteiger partial charge on any atom is -0.281 e. The fourth-order valence-electron chi connectivity index (χ4n) is 1.61. The average Bonchev–Trinajstić information content (AvgIpc) is 2.57. The van der Waals surface area contributed by atoms with Gasteiger partial charge in [0, 0.05) is 12.6 Å². The lowest BCUT2D eigenvalue weighted by Crippen LogP contribution is -2.44. The van der Waals surface area contributed by atoms with Crippen LogP contribution in [0.2, 0.25) is 0 Å². The van der Waals surface area contributed by atoms with Gasteiger partial charge in [0.05, 0.1) is 11.4 Å². The van der Waals surface area contributed by atoms with Crippen molar-refractivity contribution in [3.8, 4) is 0 Å². The van der Waals surface area contributed by atoms with E-state index in [-0.39, 0.29) is 0 Å². The molecule has 0 amide bonds. The van der Waals surface area contributed by atoms with Crippen LogP contribution in [-0.2, 0) is 10.0 Å². The molecule has 0 saturated heterocycles. The number of nitrogens with one attached hydrogen (secondary N) is 1. The molecule has 0 aliphatic heterocycles. The predicted octanol–water partition coefficient (Wildman–Crippen LogP) is 1.84. The Balaban J connectivity index is 3.31. The molecule has 0 saturated carbocycles. The normalized spacial score (nSPS) is 13.4. The molecule has 1 aromatic rings. The van der Waals surface area contributed by atoms with E-state index in [1.165, 1.54) is 4.31 Å². The summed E-state index contributed by atoms with van der Waals surface area (Å²) in [5, 5.41) is 6.65. The Morgan fingerprint density at radius 2 is 1.88 bits per heavy atom. The summed E-state index contributed by atoms with van der Waals surface area (Å²) in [7, 11) is -1.87. The van der Waals surface area contributed by atoms with Gasteiger partial charge in [-0.2, -0.15) is 9.40 Å². The Morgan fingerprint density at radius 3 is 2.24 bits per heavy atom. The van der Waals surface area contributed by atoms with Crippen LogP contribution in [0.25, 0.3) is 0 Å². The molecule has 1 heterocycles. The number of H-pyrrole nitrogens is 1. The highest BCUT2D eigenvalue weighted by Gasteiger charge is 2.35. The van der Waals surface area contributed by atoms with Crippen molar-refractivity contribution < 1.29 is 8.42 Å². The van der Waals surface area contributed by atoms with Crippen LogP contribution in [0.15, 0.2) is 4.90 Å². The minimum atomic E-state index is -3.49. The van der Waals surface area contributed by atoms with Crippen LogP contribution in [0.5, 0.6) is 0 Å². The molecule has 0 bridgehead atoms. The summed E-state index contributed by atoms with van der Waals surface area (Å²) >= 11 is 0. The number of sulfonamides is 1. The summed E-state index contributed by atoms with van der Waals surface area (Å²) in [6.45, 7) is 9.22. The summed E-state index contributed by atoms with van der Waals surface area (Å²) in [4.78, 5) is 0.293. The van der Waals surface area contributed by atoms with Gasteiger partial charge in [0.2, 0.25) is 10.0 Å². The van der Waals surface area contributed by atoms with Crippen molar-refractivity contribution in [1.29, 1.82) is 0 Å². The van der Waals surface area contributed by atoms with E-state index >= 15 is 0 Å².